The third-order valence-corrected chi connectivity index (χ3v) is 3.28. The van der Waals surface area contributed by atoms with E-state index in [2.05, 4.69) is 5.10 Å². The van der Waals surface area contributed by atoms with Crippen molar-refractivity contribution in [3.05, 3.63) is 11.8 Å². The number of hydrogen-bond donors (Lipinski definition) is 1. The molecule has 0 spiro atoms. The summed E-state index contributed by atoms with van der Waals surface area (Å²) in [7, 11) is 1.57. The van der Waals surface area contributed by atoms with Gasteiger partial charge in [-0.25, -0.2) is 13.5 Å². The van der Waals surface area contributed by atoms with E-state index in [1.165, 1.54) is 4.90 Å². The molecular weight excluding hydrogens is 254 g/mol. The fourth-order valence-electron chi connectivity index (χ4n) is 1.96. The summed E-state index contributed by atoms with van der Waals surface area (Å²) in [4.78, 5) is 12.2. The van der Waals surface area contributed by atoms with E-state index in [9.17, 15) is 13.6 Å². The van der Waals surface area contributed by atoms with Crippen molar-refractivity contribution < 1.29 is 13.6 Å². The maximum absolute atomic E-state index is 13.1. The molecular formula is C12H18F2N4O. The van der Waals surface area contributed by atoms with Gasteiger partial charge in [-0.05, 0) is 13.3 Å². The van der Waals surface area contributed by atoms with Crippen LogP contribution in [0.5, 0.6) is 0 Å². The molecule has 1 aliphatic carbocycles. The summed E-state index contributed by atoms with van der Waals surface area (Å²) < 4.78 is 27.7. The highest BCUT2D eigenvalue weighted by Crippen LogP contribution is 2.55. The van der Waals surface area contributed by atoms with E-state index in [0.717, 1.165) is 0 Å². The zero-order valence-electron chi connectivity index (χ0n) is 11.0. The summed E-state index contributed by atoms with van der Waals surface area (Å²) >= 11 is 0. The molecule has 1 amide bonds. The highest BCUT2D eigenvalue weighted by Gasteiger charge is 2.59. The lowest BCUT2D eigenvalue weighted by Gasteiger charge is -2.13. The summed E-state index contributed by atoms with van der Waals surface area (Å²) in [5.41, 5.74) is 6.02. The number of carbonyl (C=O) groups excluding carboxylic acids is 1. The molecule has 1 fully saturated rings. The van der Waals surface area contributed by atoms with Crippen LogP contribution in [0, 0.1) is 0 Å². The second-order valence-corrected chi connectivity index (χ2v) is 5.15. The SMILES string of the molecule is CC(N)CCn1nc(C2CC2(F)F)cc1N(C)C=O. The second kappa shape index (κ2) is 4.88. The van der Waals surface area contributed by atoms with Crippen molar-refractivity contribution in [3.63, 3.8) is 0 Å². The number of amides is 1. The predicted octanol–water partition coefficient (Wildman–Crippen LogP) is 1.34. The molecule has 0 saturated heterocycles. The molecule has 19 heavy (non-hydrogen) atoms. The van der Waals surface area contributed by atoms with Gasteiger partial charge < -0.3 is 10.6 Å². The van der Waals surface area contributed by atoms with E-state index >= 15 is 0 Å². The monoisotopic (exact) mass is 272 g/mol. The lowest BCUT2D eigenvalue weighted by molar-refractivity contribution is -0.107. The first-order chi connectivity index (χ1) is 8.85. The average molecular weight is 272 g/mol. The average Bonchev–Trinajstić information content (AvgIpc) is 2.81. The van der Waals surface area contributed by atoms with Gasteiger partial charge in [0.15, 0.2) is 0 Å². The predicted molar refractivity (Wildman–Crippen MR) is 67.3 cm³/mol. The van der Waals surface area contributed by atoms with Crippen molar-refractivity contribution in [3.8, 4) is 0 Å². The number of hydrogen-bond acceptors (Lipinski definition) is 3. The zero-order chi connectivity index (χ0) is 14.2. The molecule has 2 rings (SSSR count). The second-order valence-electron chi connectivity index (χ2n) is 5.15. The minimum Gasteiger partial charge on any atom is -0.328 e. The molecule has 1 aromatic rings. The van der Waals surface area contributed by atoms with Crippen LogP contribution in [0.4, 0.5) is 14.6 Å². The number of halogens is 2. The van der Waals surface area contributed by atoms with Gasteiger partial charge in [-0.3, -0.25) is 4.79 Å². The summed E-state index contributed by atoms with van der Waals surface area (Å²) in [6.07, 6.45) is 1.14. The van der Waals surface area contributed by atoms with Crippen LogP contribution in [0.3, 0.4) is 0 Å². The Morgan fingerprint density at radius 3 is 2.84 bits per heavy atom. The first-order valence-corrected chi connectivity index (χ1v) is 6.24. The Morgan fingerprint density at radius 1 is 1.74 bits per heavy atom. The van der Waals surface area contributed by atoms with Crippen LogP contribution in [0.2, 0.25) is 0 Å². The third-order valence-electron chi connectivity index (χ3n) is 3.28. The van der Waals surface area contributed by atoms with Gasteiger partial charge in [0.1, 0.15) is 5.82 Å². The number of alkyl halides is 2. The van der Waals surface area contributed by atoms with E-state index in [4.69, 9.17) is 5.73 Å². The quantitative estimate of drug-likeness (QED) is 0.795. The number of aromatic nitrogens is 2. The number of aryl methyl sites for hydroxylation is 1. The normalized spacial score (nSPS) is 22.1. The highest BCUT2D eigenvalue weighted by atomic mass is 19.3. The molecule has 0 aromatic carbocycles. The molecule has 5 nitrogen and oxygen atoms in total. The standard InChI is InChI=1S/C12H18F2N4O/c1-8(15)3-4-18-11(17(2)7-19)5-10(16-18)9-6-12(9,13)14/h5,7-9H,3-4,6,15H2,1-2H3. The molecule has 2 N–H and O–H groups in total. The van der Waals surface area contributed by atoms with Crippen molar-refractivity contribution in [2.75, 3.05) is 11.9 Å². The first-order valence-electron chi connectivity index (χ1n) is 6.24. The van der Waals surface area contributed by atoms with Crippen molar-refractivity contribution >= 4 is 12.2 Å². The molecule has 2 atom stereocenters. The minimum absolute atomic E-state index is 0.00981. The van der Waals surface area contributed by atoms with Gasteiger partial charge in [0.2, 0.25) is 6.41 Å². The largest absolute Gasteiger partial charge is 0.328 e. The van der Waals surface area contributed by atoms with Crippen LogP contribution in [-0.4, -0.2) is 35.2 Å². The molecule has 106 valence electrons. The van der Waals surface area contributed by atoms with E-state index in [0.29, 0.717) is 30.9 Å². The van der Waals surface area contributed by atoms with Gasteiger partial charge in [0.25, 0.3) is 5.92 Å². The number of anilines is 1. The Balaban J connectivity index is 2.21. The van der Waals surface area contributed by atoms with Crippen molar-refractivity contribution in [2.24, 2.45) is 5.73 Å². The van der Waals surface area contributed by atoms with Crippen LogP contribution in [0.1, 0.15) is 31.4 Å². The summed E-state index contributed by atoms with van der Waals surface area (Å²) in [6, 6.07) is 1.55. The maximum atomic E-state index is 13.1. The maximum Gasteiger partial charge on any atom is 0.257 e. The Bertz CT molecular complexity index is 472. The van der Waals surface area contributed by atoms with Gasteiger partial charge in [-0.2, -0.15) is 5.10 Å². The van der Waals surface area contributed by atoms with Crippen molar-refractivity contribution in [2.45, 2.75) is 44.2 Å². The van der Waals surface area contributed by atoms with Gasteiger partial charge >= 0.3 is 0 Å². The molecule has 0 bridgehead atoms. The van der Waals surface area contributed by atoms with Gasteiger partial charge in [0, 0.05) is 32.1 Å². The molecule has 1 saturated carbocycles. The lowest BCUT2D eigenvalue weighted by atomic mass is 10.2. The van der Waals surface area contributed by atoms with Crippen LogP contribution < -0.4 is 10.6 Å². The smallest absolute Gasteiger partial charge is 0.257 e. The third kappa shape index (κ3) is 2.91. The number of nitrogens with two attached hydrogens (primary N) is 1. The van der Waals surface area contributed by atoms with Gasteiger partial charge in [-0.15, -0.1) is 0 Å². The summed E-state index contributed by atoms with van der Waals surface area (Å²) in [5.74, 6) is -2.95. The molecule has 1 aromatic heterocycles. The summed E-state index contributed by atoms with van der Waals surface area (Å²) in [6.45, 7) is 2.37. The van der Waals surface area contributed by atoms with Crippen molar-refractivity contribution in [1.82, 2.24) is 9.78 Å². The van der Waals surface area contributed by atoms with E-state index in [-0.39, 0.29) is 12.5 Å². The number of carbonyl (C=O) groups is 1. The first kappa shape index (κ1) is 13.9. The van der Waals surface area contributed by atoms with Crippen molar-refractivity contribution in [1.29, 1.82) is 0 Å². The molecule has 7 heteroatoms. The molecule has 2 unspecified atom stereocenters. The van der Waals surface area contributed by atoms with Crippen LogP contribution in [-0.2, 0) is 11.3 Å². The Morgan fingerprint density at radius 2 is 2.37 bits per heavy atom. The van der Waals surface area contributed by atoms with E-state index in [1.54, 1.807) is 17.8 Å². The topological polar surface area (TPSA) is 64.2 Å². The Hall–Kier alpha value is -1.50. The number of rotatable bonds is 6. The number of nitrogens with zero attached hydrogens (tertiary/aromatic N) is 3. The molecule has 0 radical (unpaired) electrons. The van der Waals surface area contributed by atoms with E-state index < -0.39 is 11.8 Å². The molecule has 1 aliphatic rings. The fourth-order valence-corrected chi connectivity index (χ4v) is 1.96. The van der Waals surface area contributed by atoms with Crippen LogP contribution >= 0.6 is 0 Å². The van der Waals surface area contributed by atoms with Crippen LogP contribution in [0.25, 0.3) is 0 Å². The lowest BCUT2D eigenvalue weighted by Crippen LogP contribution is -2.22. The van der Waals surface area contributed by atoms with E-state index in [1.807, 2.05) is 6.92 Å². The zero-order valence-corrected chi connectivity index (χ0v) is 11.0. The summed E-state index contributed by atoms with van der Waals surface area (Å²) in [5, 5.41) is 4.19. The Labute approximate surface area is 110 Å². The minimum atomic E-state index is -2.66. The Kier molecular flexibility index (Phi) is 3.58. The van der Waals surface area contributed by atoms with Crippen LogP contribution in [0.15, 0.2) is 6.07 Å². The fraction of sp³-hybridized carbons (Fsp3) is 0.667. The highest BCUT2D eigenvalue weighted by molar-refractivity contribution is 5.72. The molecule has 0 aliphatic heterocycles. The van der Waals surface area contributed by atoms with Gasteiger partial charge in [-0.1, -0.05) is 0 Å². The molecule has 1 heterocycles. The van der Waals surface area contributed by atoms with Gasteiger partial charge in [0.05, 0.1) is 11.6 Å².